The molecule has 0 aliphatic rings. The number of esters is 1. The molecule has 0 unspecified atom stereocenters. The van der Waals surface area contributed by atoms with Gasteiger partial charge in [-0.1, -0.05) is 12.1 Å². The standard InChI is InChI=1S/C11H9N5O6/c12-10-9(14-22-15-10)11(18)21-5-8(17)13-6-3-1-2-4-7(6)16(19)20/h1-4H,5H2,(H2,12,15)(H,13,17). The summed E-state index contributed by atoms with van der Waals surface area (Å²) in [4.78, 5) is 33.3. The lowest BCUT2D eigenvalue weighted by Crippen LogP contribution is -2.21. The molecule has 11 heteroatoms. The molecule has 2 rings (SSSR count). The van der Waals surface area contributed by atoms with E-state index >= 15 is 0 Å². The van der Waals surface area contributed by atoms with Crippen molar-refractivity contribution in [3.63, 3.8) is 0 Å². The van der Waals surface area contributed by atoms with E-state index in [1.54, 1.807) is 0 Å². The second-order valence-corrected chi connectivity index (χ2v) is 3.90. The van der Waals surface area contributed by atoms with Gasteiger partial charge in [0.1, 0.15) is 5.69 Å². The zero-order valence-corrected chi connectivity index (χ0v) is 10.9. The molecular formula is C11H9N5O6. The van der Waals surface area contributed by atoms with E-state index in [0.717, 1.165) is 0 Å². The van der Waals surface area contributed by atoms with Gasteiger partial charge in [-0.05, 0) is 16.4 Å². The van der Waals surface area contributed by atoms with Gasteiger partial charge in [0, 0.05) is 6.07 Å². The van der Waals surface area contributed by atoms with E-state index in [4.69, 9.17) is 5.73 Å². The Morgan fingerprint density at radius 3 is 2.73 bits per heavy atom. The van der Waals surface area contributed by atoms with Crippen molar-refractivity contribution in [1.82, 2.24) is 10.3 Å². The molecular weight excluding hydrogens is 298 g/mol. The van der Waals surface area contributed by atoms with Crippen molar-refractivity contribution in [2.24, 2.45) is 0 Å². The number of hydrogen-bond donors (Lipinski definition) is 2. The van der Waals surface area contributed by atoms with Crippen LogP contribution in [0.2, 0.25) is 0 Å². The average molecular weight is 307 g/mol. The zero-order chi connectivity index (χ0) is 16.1. The molecule has 1 aromatic carbocycles. The normalized spacial score (nSPS) is 10.0. The number of nitro benzene ring substituents is 1. The monoisotopic (exact) mass is 307 g/mol. The Balaban J connectivity index is 1.95. The maximum atomic E-state index is 11.6. The average Bonchev–Trinajstić information content (AvgIpc) is 2.91. The predicted molar refractivity (Wildman–Crippen MR) is 70.7 cm³/mol. The van der Waals surface area contributed by atoms with E-state index in [0.29, 0.717) is 0 Å². The molecule has 1 amide bonds. The van der Waals surface area contributed by atoms with Crippen molar-refractivity contribution in [2.75, 3.05) is 17.7 Å². The number of rotatable bonds is 5. The number of para-hydroxylation sites is 2. The Bertz CT molecular complexity index is 727. The minimum absolute atomic E-state index is 0.0174. The molecule has 0 saturated carbocycles. The zero-order valence-electron chi connectivity index (χ0n) is 10.9. The molecule has 0 atom stereocenters. The Morgan fingerprint density at radius 2 is 2.09 bits per heavy atom. The highest BCUT2D eigenvalue weighted by Gasteiger charge is 2.20. The first-order valence-electron chi connectivity index (χ1n) is 5.77. The molecule has 0 saturated heterocycles. The van der Waals surface area contributed by atoms with Crippen LogP contribution >= 0.6 is 0 Å². The summed E-state index contributed by atoms with van der Waals surface area (Å²) in [7, 11) is 0. The minimum atomic E-state index is -1.00. The Morgan fingerprint density at radius 1 is 1.36 bits per heavy atom. The van der Waals surface area contributed by atoms with Gasteiger partial charge < -0.3 is 15.8 Å². The van der Waals surface area contributed by atoms with Crippen molar-refractivity contribution < 1.29 is 23.9 Å². The van der Waals surface area contributed by atoms with Crippen LogP contribution in [-0.4, -0.2) is 33.7 Å². The topological polar surface area (TPSA) is 163 Å². The number of nitrogen functional groups attached to an aromatic ring is 1. The van der Waals surface area contributed by atoms with Crippen LogP contribution < -0.4 is 11.1 Å². The molecule has 114 valence electrons. The van der Waals surface area contributed by atoms with Gasteiger partial charge in [0.15, 0.2) is 6.61 Å². The van der Waals surface area contributed by atoms with E-state index < -0.39 is 23.4 Å². The van der Waals surface area contributed by atoms with Gasteiger partial charge in [0.2, 0.25) is 11.5 Å². The van der Waals surface area contributed by atoms with Crippen LogP contribution in [0.15, 0.2) is 28.9 Å². The summed E-state index contributed by atoms with van der Waals surface area (Å²) in [5.74, 6) is -2.04. The first-order chi connectivity index (χ1) is 10.5. The highest BCUT2D eigenvalue weighted by Crippen LogP contribution is 2.22. The maximum absolute atomic E-state index is 11.6. The van der Waals surface area contributed by atoms with Gasteiger partial charge >= 0.3 is 5.97 Å². The van der Waals surface area contributed by atoms with Gasteiger partial charge in [-0.25, -0.2) is 9.42 Å². The third-order valence-electron chi connectivity index (χ3n) is 2.42. The SMILES string of the molecule is Nc1nonc1C(=O)OCC(=O)Nc1ccccc1[N+](=O)[O-]. The Kier molecular flexibility index (Phi) is 4.27. The number of nitro groups is 1. The van der Waals surface area contributed by atoms with E-state index in [1.165, 1.54) is 24.3 Å². The fraction of sp³-hybridized carbons (Fsp3) is 0.0909. The van der Waals surface area contributed by atoms with Crippen LogP contribution in [0.25, 0.3) is 0 Å². The van der Waals surface area contributed by atoms with Crippen molar-refractivity contribution >= 4 is 29.1 Å². The van der Waals surface area contributed by atoms with Gasteiger partial charge in [-0.2, -0.15) is 0 Å². The second-order valence-electron chi connectivity index (χ2n) is 3.90. The number of ether oxygens (including phenoxy) is 1. The third-order valence-corrected chi connectivity index (χ3v) is 2.42. The lowest BCUT2D eigenvalue weighted by atomic mass is 10.2. The van der Waals surface area contributed by atoms with Crippen LogP contribution in [0.1, 0.15) is 10.5 Å². The highest BCUT2D eigenvalue weighted by molar-refractivity contribution is 5.97. The summed E-state index contributed by atoms with van der Waals surface area (Å²) in [6.45, 7) is -0.683. The number of anilines is 2. The quantitative estimate of drug-likeness (QED) is 0.450. The summed E-state index contributed by atoms with van der Waals surface area (Å²) in [5.41, 5.74) is 4.62. The molecule has 2 aromatic rings. The van der Waals surface area contributed by atoms with Gasteiger partial charge in [0.25, 0.3) is 11.6 Å². The summed E-state index contributed by atoms with van der Waals surface area (Å²) >= 11 is 0. The summed E-state index contributed by atoms with van der Waals surface area (Å²) in [5, 5.41) is 19.4. The largest absolute Gasteiger partial charge is 0.451 e. The van der Waals surface area contributed by atoms with Crippen LogP contribution in [0.3, 0.4) is 0 Å². The molecule has 0 aliphatic carbocycles. The summed E-state index contributed by atoms with van der Waals surface area (Å²) in [6, 6.07) is 5.53. The Hall–Kier alpha value is -3.50. The molecule has 0 radical (unpaired) electrons. The molecule has 0 fully saturated rings. The number of nitrogens with zero attached hydrogens (tertiary/aromatic N) is 3. The van der Waals surface area contributed by atoms with Crippen LogP contribution in [-0.2, 0) is 9.53 Å². The molecule has 0 spiro atoms. The maximum Gasteiger partial charge on any atom is 0.365 e. The fourth-order valence-electron chi connectivity index (χ4n) is 1.46. The predicted octanol–water partition coefficient (Wildman–Crippen LogP) is 0.355. The van der Waals surface area contributed by atoms with E-state index in [-0.39, 0.29) is 22.9 Å². The van der Waals surface area contributed by atoms with Crippen molar-refractivity contribution in [3.05, 3.63) is 40.1 Å². The highest BCUT2D eigenvalue weighted by atomic mass is 16.6. The van der Waals surface area contributed by atoms with E-state index in [9.17, 15) is 19.7 Å². The number of carbonyl (C=O) groups excluding carboxylic acids is 2. The number of hydrogen-bond acceptors (Lipinski definition) is 9. The van der Waals surface area contributed by atoms with E-state index in [1.807, 2.05) is 0 Å². The first kappa shape index (κ1) is 14.9. The fourth-order valence-corrected chi connectivity index (χ4v) is 1.46. The first-order valence-corrected chi connectivity index (χ1v) is 5.77. The number of amides is 1. The van der Waals surface area contributed by atoms with Crippen molar-refractivity contribution in [1.29, 1.82) is 0 Å². The lowest BCUT2D eigenvalue weighted by Gasteiger charge is -2.06. The molecule has 1 heterocycles. The van der Waals surface area contributed by atoms with Gasteiger partial charge in [0.05, 0.1) is 4.92 Å². The lowest BCUT2D eigenvalue weighted by molar-refractivity contribution is -0.383. The van der Waals surface area contributed by atoms with Crippen molar-refractivity contribution in [2.45, 2.75) is 0 Å². The molecule has 3 N–H and O–H groups in total. The summed E-state index contributed by atoms with van der Waals surface area (Å²) < 4.78 is 8.85. The molecule has 0 bridgehead atoms. The smallest absolute Gasteiger partial charge is 0.365 e. The van der Waals surface area contributed by atoms with Crippen molar-refractivity contribution in [3.8, 4) is 0 Å². The van der Waals surface area contributed by atoms with Crippen LogP contribution in [0, 0.1) is 10.1 Å². The molecule has 11 nitrogen and oxygen atoms in total. The molecule has 0 aliphatic heterocycles. The van der Waals surface area contributed by atoms with Gasteiger partial charge in [-0.15, -0.1) is 0 Å². The summed E-state index contributed by atoms with van der Waals surface area (Å²) in [6.07, 6.45) is 0. The molecule has 1 aromatic heterocycles. The van der Waals surface area contributed by atoms with E-state index in [2.05, 4.69) is 25.0 Å². The van der Waals surface area contributed by atoms with Gasteiger partial charge in [-0.3, -0.25) is 14.9 Å². The Labute approximate surface area is 122 Å². The molecule has 22 heavy (non-hydrogen) atoms. The van der Waals surface area contributed by atoms with Crippen LogP contribution in [0.4, 0.5) is 17.2 Å². The number of aromatic nitrogens is 2. The third kappa shape index (κ3) is 3.33. The minimum Gasteiger partial charge on any atom is -0.451 e. The number of nitrogens with two attached hydrogens (primary N) is 1. The van der Waals surface area contributed by atoms with Crippen LogP contribution in [0.5, 0.6) is 0 Å². The number of nitrogens with one attached hydrogen (secondary N) is 1. The number of benzene rings is 1. The second kappa shape index (κ2) is 6.30. The number of carbonyl (C=O) groups is 2.